The summed E-state index contributed by atoms with van der Waals surface area (Å²) in [6.07, 6.45) is -2.99. The van der Waals surface area contributed by atoms with Gasteiger partial charge in [-0.3, -0.25) is 0 Å². The molecular formula is C14H18F4N2O. The number of nitrogens with zero attached hydrogens (tertiary/aromatic N) is 1. The number of hydrogen-bond donors (Lipinski definition) is 1. The number of hydrogen-bond acceptors (Lipinski definition) is 1. The molecule has 0 radical (unpaired) electrons. The van der Waals surface area contributed by atoms with Crippen LogP contribution in [0.2, 0.25) is 0 Å². The van der Waals surface area contributed by atoms with E-state index in [-0.39, 0.29) is 6.04 Å². The summed E-state index contributed by atoms with van der Waals surface area (Å²) in [6, 6.07) is 1.17. The lowest BCUT2D eigenvalue weighted by Crippen LogP contribution is -2.38. The second-order valence-corrected chi connectivity index (χ2v) is 4.87. The van der Waals surface area contributed by atoms with E-state index in [0.717, 1.165) is 12.8 Å². The summed E-state index contributed by atoms with van der Waals surface area (Å²) in [5.74, 6) is -0.909. The van der Waals surface area contributed by atoms with Gasteiger partial charge in [-0.2, -0.15) is 13.2 Å². The molecule has 7 heteroatoms. The van der Waals surface area contributed by atoms with Crippen molar-refractivity contribution in [1.82, 2.24) is 4.90 Å². The highest BCUT2D eigenvalue weighted by molar-refractivity contribution is 5.89. The summed E-state index contributed by atoms with van der Waals surface area (Å²) in [5.41, 5.74) is -1.49. The van der Waals surface area contributed by atoms with E-state index in [1.54, 1.807) is 0 Å². The Morgan fingerprint density at radius 1 is 1.38 bits per heavy atom. The molecule has 0 aromatic heterocycles. The topological polar surface area (TPSA) is 32.3 Å². The van der Waals surface area contributed by atoms with Crippen LogP contribution in [0.5, 0.6) is 0 Å². The smallest absolute Gasteiger partial charge is 0.325 e. The summed E-state index contributed by atoms with van der Waals surface area (Å²) in [7, 11) is 1.52. The van der Waals surface area contributed by atoms with Crippen molar-refractivity contribution in [3.8, 4) is 0 Å². The molecule has 3 nitrogen and oxygen atoms in total. The summed E-state index contributed by atoms with van der Waals surface area (Å²) in [6.45, 7) is 3.76. The van der Waals surface area contributed by atoms with Crippen molar-refractivity contribution in [3.63, 3.8) is 0 Å². The highest BCUT2D eigenvalue weighted by Crippen LogP contribution is 2.31. The number of anilines is 1. The number of carbonyl (C=O) groups is 1. The Morgan fingerprint density at radius 2 is 2.00 bits per heavy atom. The van der Waals surface area contributed by atoms with Crippen LogP contribution in [-0.4, -0.2) is 24.0 Å². The van der Waals surface area contributed by atoms with E-state index in [1.165, 1.54) is 11.9 Å². The molecule has 0 spiro atoms. The van der Waals surface area contributed by atoms with E-state index in [9.17, 15) is 22.4 Å². The van der Waals surface area contributed by atoms with Crippen LogP contribution in [0, 0.1) is 5.82 Å². The van der Waals surface area contributed by atoms with Crippen molar-refractivity contribution < 1.29 is 22.4 Å². The molecule has 0 fully saturated rings. The van der Waals surface area contributed by atoms with Gasteiger partial charge >= 0.3 is 12.2 Å². The highest BCUT2D eigenvalue weighted by atomic mass is 19.4. The normalized spacial score (nSPS) is 12.9. The molecule has 1 atom stereocenters. The lowest BCUT2D eigenvalue weighted by atomic mass is 10.1. The molecule has 1 aromatic carbocycles. The molecule has 118 valence electrons. The van der Waals surface area contributed by atoms with Gasteiger partial charge in [0.2, 0.25) is 0 Å². The number of rotatable bonds is 4. The summed E-state index contributed by atoms with van der Waals surface area (Å²) in [4.78, 5) is 13.2. The minimum absolute atomic E-state index is 0.0936. The molecule has 1 rings (SSSR count). The highest BCUT2D eigenvalue weighted by Gasteiger charge is 2.31. The number of halogens is 4. The molecular weight excluding hydrogens is 288 g/mol. The third-order valence-electron chi connectivity index (χ3n) is 3.22. The molecule has 0 aliphatic carbocycles. The maximum absolute atomic E-state index is 13.5. The van der Waals surface area contributed by atoms with Gasteiger partial charge in [-0.1, -0.05) is 13.3 Å². The second kappa shape index (κ2) is 6.78. The SMILES string of the molecule is CCC[C@@H](C)N(C)C(=O)Nc1cc(C(F)(F)F)ccc1F. The predicted molar refractivity (Wildman–Crippen MR) is 72.6 cm³/mol. The minimum atomic E-state index is -4.59. The first kappa shape index (κ1) is 17.3. The van der Waals surface area contributed by atoms with Gasteiger partial charge < -0.3 is 10.2 Å². The monoisotopic (exact) mass is 306 g/mol. The number of urea groups is 1. The van der Waals surface area contributed by atoms with E-state index >= 15 is 0 Å². The van der Waals surface area contributed by atoms with Crippen LogP contribution in [0.15, 0.2) is 18.2 Å². The Hall–Kier alpha value is -1.79. The number of benzene rings is 1. The number of carbonyl (C=O) groups excluding carboxylic acids is 1. The van der Waals surface area contributed by atoms with Crippen LogP contribution < -0.4 is 5.32 Å². The van der Waals surface area contributed by atoms with Gasteiger partial charge in [0.05, 0.1) is 11.3 Å². The number of alkyl halides is 3. The average molecular weight is 306 g/mol. The average Bonchev–Trinajstić information content (AvgIpc) is 2.39. The zero-order chi connectivity index (χ0) is 16.2. The third kappa shape index (κ3) is 4.61. The fourth-order valence-electron chi connectivity index (χ4n) is 1.81. The summed E-state index contributed by atoms with van der Waals surface area (Å²) >= 11 is 0. The third-order valence-corrected chi connectivity index (χ3v) is 3.22. The Kier molecular flexibility index (Phi) is 5.57. The molecule has 1 aromatic rings. The van der Waals surface area contributed by atoms with E-state index in [2.05, 4.69) is 5.32 Å². The van der Waals surface area contributed by atoms with Crippen LogP contribution in [0.4, 0.5) is 28.0 Å². The van der Waals surface area contributed by atoms with Crippen molar-refractivity contribution in [2.75, 3.05) is 12.4 Å². The van der Waals surface area contributed by atoms with Crippen LogP contribution in [0.3, 0.4) is 0 Å². The second-order valence-electron chi connectivity index (χ2n) is 4.87. The fourth-order valence-corrected chi connectivity index (χ4v) is 1.81. The molecule has 21 heavy (non-hydrogen) atoms. The van der Waals surface area contributed by atoms with Crippen molar-refractivity contribution in [3.05, 3.63) is 29.6 Å². The zero-order valence-electron chi connectivity index (χ0n) is 12.1. The van der Waals surface area contributed by atoms with Crippen LogP contribution >= 0.6 is 0 Å². The van der Waals surface area contributed by atoms with Gasteiger partial charge in [0.25, 0.3) is 0 Å². The fraction of sp³-hybridized carbons (Fsp3) is 0.500. The van der Waals surface area contributed by atoms with E-state index in [0.29, 0.717) is 18.2 Å². The molecule has 0 saturated carbocycles. The van der Waals surface area contributed by atoms with E-state index in [1.807, 2.05) is 13.8 Å². The van der Waals surface area contributed by atoms with Gasteiger partial charge in [-0.25, -0.2) is 9.18 Å². The molecule has 0 bridgehead atoms. The van der Waals surface area contributed by atoms with Crippen molar-refractivity contribution >= 4 is 11.7 Å². The van der Waals surface area contributed by atoms with E-state index in [4.69, 9.17) is 0 Å². The molecule has 0 heterocycles. The zero-order valence-corrected chi connectivity index (χ0v) is 12.1. The molecule has 0 saturated heterocycles. The lowest BCUT2D eigenvalue weighted by molar-refractivity contribution is -0.137. The maximum atomic E-state index is 13.5. The largest absolute Gasteiger partial charge is 0.416 e. The molecule has 0 aliphatic rings. The maximum Gasteiger partial charge on any atom is 0.416 e. The first-order valence-electron chi connectivity index (χ1n) is 6.57. The van der Waals surface area contributed by atoms with Gasteiger partial charge in [0.15, 0.2) is 0 Å². The number of nitrogens with one attached hydrogen (secondary N) is 1. The van der Waals surface area contributed by atoms with Crippen LogP contribution in [0.25, 0.3) is 0 Å². The number of amides is 2. The first-order valence-corrected chi connectivity index (χ1v) is 6.57. The summed E-state index contributed by atoms with van der Waals surface area (Å²) < 4.78 is 51.3. The Morgan fingerprint density at radius 3 is 2.52 bits per heavy atom. The first-order chi connectivity index (χ1) is 9.66. The lowest BCUT2D eigenvalue weighted by Gasteiger charge is -2.25. The Bertz CT molecular complexity index is 502. The molecule has 1 N–H and O–H groups in total. The Labute approximate surface area is 120 Å². The van der Waals surface area contributed by atoms with E-state index < -0.39 is 29.3 Å². The van der Waals surface area contributed by atoms with Gasteiger partial charge in [0, 0.05) is 13.1 Å². The quantitative estimate of drug-likeness (QED) is 0.816. The summed E-state index contributed by atoms with van der Waals surface area (Å²) in [5, 5.41) is 2.17. The van der Waals surface area contributed by atoms with Gasteiger partial charge in [0.1, 0.15) is 5.82 Å². The Balaban J connectivity index is 2.89. The predicted octanol–water partition coefficient (Wildman–Crippen LogP) is 4.50. The van der Waals surface area contributed by atoms with Gasteiger partial charge in [-0.05, 0) is 31.5 Å². The van der Waals surface area contributed by atoms with Crippen LogP contribution in [0.1, 0.15) is 32.3 Å². The van der Waals surface area contributed by atoms with Crippen molar-refractivity contribution in [2.45, 2.75) is 38.9 Å². The standard InChI is InChI=1S/C14H18F4N2O/c1-4-5-9(2)20(3)13(21)19-12-8-10(14(16,17)18)6-7-11(12)15/h6-9H,4-5H2,1-3H3,(H,19,21)/t9-/m1/s1. The van der Waals surface area contributed by atoms with Gasteiger partial charge in [-0.15, -0.1) is 0 Å². The molecule has 2 amide bonds. The van der Waals surface area contributed by atoms with Crippen molar-refractivity contribution in [1.29, 1.82) is 0 Å². The molecule has 0 unspecified atom stereocenters. The van der Waals surface area contributed by atoms with Crippen LogP contribution in [-0.2, 0) is 6.18 Å². The van der Waals surface area contributed by atoms with Crippen molar-refractivity contribution in [2.24, 2.45) is 0 Å². The minimum Gasteiger partial charge on any atom is -0.325 e. The molecule has 0 aliphatic heterocycles.